The third-order valence-electron chi connectivity index (χ3n) is 14.7. The van der Waals surface area contributed by atoms with Crippen LogP contribution in [0.4, 0.5) is 11.4 Å². The summed E-state index contributed by atoms with van der Waals surface area (Å²) in [7, 11) is 4.42. The average molecular weight is 998 g/mol. The van der Waals surface area contributed by atoms with Crippen molar-refractivity contribution >= 4 is 40.8 Å². The summed E-state index contributed by atoms with van der Waals surface area (Å²) >= 11 is 0. The smallest absolute Gasteiger partial charge is 0.339 e. The van der Waals surface area contributed by atoms with Gasteiger partial charge in [0.15, 0.2) is 0 Å². The number of carbonyl (C=O) groups is 5. The fourth-order valence-electron chi connectivity index (χ4n) is 10.8. The van der Waals surface area contributed by atoms with Crippen LogP contribution in [0.15, 0.2) is 53.8 Å². The van der Waals surface area contributed by atoms with E-state index in [1.165, 1.54) is 21.3 Å². The highest BCUT2D eigenvalue weighted by Crippen LogP contribution is 2.40. The van der Waals surface area contributed by atoms with Gasteiger partial charge in [0.1, 0.15) is 35.9 Å². The number of cyclic esters (lactones) is 1. The molecule has 20 heteroatoms. The quantitative estimate of drug-likeness (QED) is 0.0727. The first-order chi connectivity index (χ1) is 33.6. The average Bonchev–Trinajstić information content (AvgIpc) is 3.34. The lowest BCUT2D eigenvalue weighted by atomic mass is 9.80. The number of Topliss-reactive ketones (excluding diaryl/α,β-unsaturated/α-hetero) is 2. The zero-order valence-corrected chi connectivity index (χ0v) is 42.1. The Hall–Kier alpha value is -5.41. The van der Waals surface area contributed by atoms with Crippen molar-refractivity contribution in [3.8, 4) is 0 Å². The minimum atomic E-state index is -2.58. The lowest BCUT2D eigenvalue weighted by molar-refractivity contribution is -0.394. The lowest BCUT2D eigenvalue weighted by Gasteiger charge is -2.47. The Balaban J connectivity index is 1.49. The van der Waals surface area contributed by atoms with Crippen LogP contribution < -0.4 is 0 Å². The van der Waals surface area contributed by atoms with Gasteiger partial charge in [-0.1, -0.05) is 32.9 Å². The summed E-state index contributed by atoms with van der Waals surface area (Å²) in [6.07, 6.45) is 2.17. The molecule has 3 aliphatic heterocycles. The van der Waals surface area contributed by atoms with Gasteiger partial charge in [-0.25, -0.2) is 9.59 Å². The molecule has 2 saturated heterocycles. The maximum Gasteiger partial charge on any atom is 0.339 e. The number of piperidine rings is 1. The van der Waals surface area contributed by atoms with Gasteiger partial charge < -0.3 is 43.5 Å². The molecule has 0 radical (unpaired) electrons. The molecule has 1 saturated carbocycles. The number of ether oxygens (including phenoxy) is 6. The van der Waals surface area contributed by atoms with Crippen molar-refractivity contribution < 1.29 is 72.5 Å². The standard InChI is InChI=1S/C51H71N3O17/c1-10-13-34-19-28(2)18-29(3)20-43(67-8)46-44(68-9)22-31(5)51(61,71-46)47(57)48(58)52-17-12-11-14-38(52)50(60)70-45(32(6)39(55)27-40(34)56)30(4)21-33-15-16-41(42(23-33)66-7)69-49(59)35-24-36(53(62)63)26-37(25-35)54(64)65/h10,21,24-26,28-29,31,33-34,38,41-46,55,61H,1,11-20,22-23,27H2,2-9H3/b30-21?,39-32-. The van der Waals surface area contributed by atoms with Gasteiger partial charge in [0.25, 0.3) is 23.1 Å². The summed E-state index contributed by atoms with van der Waals surface area (Å²) in [6.45, 7) is 12.8. The number of amides is 1. The summed E-state index contributed by atoms with van der Waals surface area (Å²) in [5.74, 6) is -9.04. The number of esters is 2. The van der Waals surface area contributed by atoms with E-state index < -0.39 is 105 Å². The SMILES string of the molecule is C=CCC1CC(C)CC(C)CC(OC)C2OC(O)(C(=O)C(=O)N3CCCCC3C(=O)OC(C(C)=CC3CCC(OC(=O)c4cc([N+](=O)[O-])cc([N+](=O)[O-])c4)C(OC)C3)/C(C)=C(\O)CC1=O)C(C)CC2OC. The summed E-state index contributed by atoms with van der Waals surface area (Å²) in [5.41, 5.74) is -1.07. The third kappa shape index (κ3) is 13.6. The monoisotopic (exact) mass is 997 g/mol. The van der Waals surface area contributed by atoms with Gasteiger partial charge in [0.2, 0.25) is 5.79 Å². The number of rotatable bonds is 11. The molecule has 3 heterocycles. The molecule has 1 aliphatic carbocycles. The van der Waals surface area contributed by atoms with E-state index >= 15 is 0 Å². The number of nitro benzene ring substituents is 2. The van der Waals surface area contributed by atoms with Crippen LogP contribution in [0.1, 0.15) is 122 Å². The molecule has 392 valence electrons. The first-order valence-corrected chi connectivity index (χ1v) is 24.5. The van der Waals surface area contributed by atoms with Gasteiger partial charge in [0, 0.05) is 57.4 Å². The van der Waals surface area contributed by atoms with Crippen LogP contribution in [-0.4, -0.2) is 131 Å². The number of methoxy groups -OCH3 is 3. The van der Waals surface area contributed by atoms with Crippen LogP contribution in [0.2, 0.25) is 0 Å². The van der Waals surface area contributed by atoms with Crippen LogP contribution in [0, 0.1) is 49.8 Å². The normalized spacial score (nSPS) is 34.3. The molecule has 0 aromatic heterocycles. The Morgan fingerprint density at radius 3 is 2.10 bits per heavy atom. The van der Waals surface area contributed by atoms with Crippen LogP contribution in [0.25, 0.3) is 0 Å². The molecule has 1 aromatic rings. The fraction of sp³-hybridized carbons (Fsp3) is 0.667. The van der Waals surface area contributed by atoms with E-state index in [1.807, 2.05) is 19.9 Å². The van der Waals surface area contributed by atoms with E-state index in [0.717, 1.165) is 23.1 Å². The van der Waals surface area contributed by atoms with E-state index in [1.54, 1.807) is 26.8 Å². The zero-order valence-electron chi connectivity index (χ0n) is 42.1. The molecule has 13 unspecified atom stereocenters. The van der Waals surface area contributed by atoms with E-state index in [2.05, 4.69) is 6.58 Å². The number of non-ortho nitro benzene ring substituents is 2. The number of aliphatic hydroxyl groups is 2. The number of hydrogen-bond donors (Lipinski definition) is 2. The van der Waals surface area contributed by atoms with Crippen LogP contribution in [0.5, 0.6) is 0 Å². The second kappa shape index (κ2) is 24.8. The molecule has 5 rings (SSSR count). The summed E-state index contributed by atoms with van der Waals surface area (Å²) in [6, 6.07) is 1.26. The number of allylic oxidation sites excluding steroid dienone is 3. The second-order valence-corrected chi connectivity index (χ2v) is 20.0. The van der Waals surface area contributed by atoms with Gasteiger partial charge in [0.05, 0.1) is 46.2 Å². The Labute approximate surface area is 414 Å². The predicted molar refractivity (Wildman–Crippen MR) is 256 cm³/mol. The number of nitro groups is 2. The van der Waals surface area contributed by atoms with E-state index in [0.29, 0.717) is 50.5 Å². The Morgan fingerprint density at radius 1 is 0.873 bits per heavy atom. The molecule has 1 aromatic carbocycles. The zero-order chi connectivity index (χ0) is 52.5. The lowest BCUT2D eigenvalue weighted by Crippen LogP contribution is -2.64. The van der Waals surface area contributed by atoms with Gasteiger partial charge in [-0.05, 0) is 108 Å². The first kappa shape index (κ1) is 56.5. The number of hydrogen-bond acceptors (Lipinski definition) is 17. The van der Waals surface area contributed by atoms with Crippen molar-refractivity contribution in [2.24, 2.45) is 29.6 Å². The van der Waals surface area contributed by atoms with E-state index in [-0.39, 0.29) is 79.1 Å². The largest absolute Gasteiger partial charge is 0.512 e. The maximum atomic E-state index is 14.5. The fourth-order valence-corrected chi connectivity index (χ4v) is 10.8. The summed E-state index contributed by atoms with van der Waals surface area (Å²) in [5, 5.41) is 46.9. The van der Waals surface area contributed by atoms with Gasteiger partial charge in [-0.3, -0.25) is 34.6 Å². The Kier molecular flexibility index (Phi) is 19.7. The van der Waals surface area contributed by atoms with E-state index in [4.69, 9.17) is 28.4 Å². The highest BCUT2D eigenvalue weighted by atomic mass is 16.7. The minimum absolute atomic E-state index is 0.00163. The third-order valence-corrected chi connectivity index (χ3v) is 14.7. The highest BCUT2D eigenvalue weighted by Gasteiger charge is 2.56. The van der Waals surface area contributed by atoms with Crippen LogP contribution >= 0.6 is 0 Å². The van der Waals surface area contributed by atoms with Gasteiger partial charge >= 0.3 is 11.9 Å². The molecular weight excluding hydrogens is 927 g/mol. The number of nitrogens with zero attached hydrogens (tertiary/aromatic N) is 3. The van der Waals surface area contributed by atoms with E-state index in [9.17, 15) is 54.4 Å². The van der Waals surface area contributed by atoms with Crippen molar-refractivity contribution in [3.63, 3.8) is 0 Å². The molecule has 2 N–H and O–H groups in total. The van der Waals surface area contributed by atoms with Crippen molar-refractivity contribution in [1.82, 2.24) is 4.90 Å². The summed E-state index contributed by atoms with van der Waals surface area (Å²) in [4.78, 5) is 93.0. The van der Waals surface area contributed by atoms with Gasteiger partial charge in [-0.15, -0.1) is 6.58 Å². The molecular formula is C51H71N3O17. The maximum absolute atomic E-state index is 14.5. The van der Waals surface area contributed by atoms with Crippen molar-refractivity contribution in [3.05, 3.63) is 79.6 Å². The second-order valence-electron chi connectivity index (χ2n) is 20.0. The summed E-state index contributed by atoms with van der Waals surface area (Å²) < 4.78 is 35.7. The van der Waals surface area contributed by atoms with Gasteiger partial charge in [-0.2, -0.15) is 0 Å². The molecule has 71 heavy (non-hydrogen) atoms. The molecule has 4 aliphatic rings. The number of fused-ring (bicyclic) bond motifs is 3. The Bertz CT molecular complexity index is 2200. The molecule has 2 bridgehead atoms. The van der Waals surface area contributed by atoms with Crippen LogP contribution in [-0.2, 0) is 47.6 Å². The number of benzene rings is 1. The molecule has 20 nitrogen and oxygen atoms in total. The molecule has 0 spiro atoms. The van der Waals surface area contributed by atoms with Crippen molar-refractivity contribution in [1.29, 1.82) is 0 Å². The van der Waals surface area contributed by atoms with Crippen molar-refractivity contribution in [2.75, 3.05) is 27.9 Å². The van der Waals surface area contributed by atoms with Crippen molar-refractivity contribution in [2.45, 2.75) is 160 Å². The number of aliphatic hydroxyl groups excluding tert-OH is 1. The highest BCUT2D eigenvalue weighted by molar-refractivity contribution is 6.39. The molecule has 3 fully saturated rings. The molecule has 13 atom stereocenters. The predicted octanol–water partition coefficient (Wildman–Crippen LogP) is 7.24. The first-order valence-electron chi connectivity index (χ1n) is 24.5. The Morgan fingerprint density at radius 2 is 1.49 bits per heavy atom. The van der Waals surface area contributed by atoms with Crippen LogP contribution in [0.3, 0.4) is 0 Å². The molecule has 1 amide bonds. The number of ketones is 2. The topological polar surface area (TPSA) is 271 Å². The number of carbonyl (C=O) groups excluding carboxylic acids is 5. The minimum Gasteiger partial charge on any atom is -0.512 e.